The van der Waals surface area contributed by atoms with E-state index in [9.17, 15) is 14.4 Å². The summed E-state index contributed by atoms with van der Waals surface area (Å²) in [5.41, 5.74) is -0.116. The molecule has 1 aliphatic rings. The van der Waals surface area contributed by atoms with E-state index in [1.54, 1.807) is 13.8 Å². The molecule has 1 atom stereocenters. The van der Waals surface area contributed by atoms with Gasteiger partial charge in [-0.3, -0.25) is 0 Å². The van der Waals surface area contributed by atoms with Crippen molar-refractivity contribution in [3.8, 4) is 0 Å². The summed E-state index contributed by atoms with van der Waals surface area (Å²) < 4.78 is 18.7. The molecule has 7 nitrogen and oxygen atoms in total. The molecule has 1 unspecified atom stereocenters. The molecule has 0 bridgehead atoms. The van der Waals surface area contributed by atoms with Crippen LogP contribution in [0.25, 0.3) is 0 Å². The van der Waals surface area contributed by atoms with Gasteiger partial charge >= 0.3 is 18.1 Å². The third-order valence-corrected chi connectivity index (χ3v) is 2.06. The van der Waals surface area contributed by atoms with Crippen LogP contribution >= 0.6 is 0 Å². The van der Waals surface area contributed by atoms with Gasteiger partial charge in [-0.05, 0) is 20.8 Å². The standard InChI is InChI=1S/C11H14O7/c1-4-15-9(12)7-6(3)17-10(13)8(7)18-11(14)16-5-2/h6H,4-5H2,1-3H3. The van der Waals surface area contributed by atoms with Gasteiger partial charge in [0.1, 0.15) is 11.7 Å². The van der Waals surface area contributed by atoms with Crippen LogP contribution in [0, 0.1) is 0 Å². The quantitative estimate of drug-likeness (QED) is 0.547. The smallest absolute Gasteiger partial charge is 0.462 e. The molecule has 1 heterocycles. The van der Waals surface area contributed by atoms with Crippen molar-refractivity contribution in [3.05, 3.63) is 11.3 Å². The summed E-state index contributed by atoms with van der Waals surface area (Å²) in [7, 11) is 0. The maximum Gasteiger partial charge on any atom is 0.514 e. The van der Waals surface area contributed by atoms with Gasteiger partial charge in [0, 0.05) is 0 Å². The van der Waals surface area contributed by atoms with Crippen LogP contribution in [0.4, 0.5) is 4.79 Å². The van der Waals surface area contributed by atoms with Crippen LogP contribution in [-0.4, -0.2) is 37.4 Å². The summed E-state index contributed by atoms with van der Waals surface area (Å²) in [4.78, 5) is 34.2. The Morgan fingerprint density at radius 2 is 1.83 bits per heavy atom. The number of carbonyl (C=O) groups excluding carboxylic acids is 3. The molecular formula is C11H14O7. The fourth-order valence-corrected chi connectivity index (χ4v) is 1.36. The average molecular weight is 258 g/mol. The largest absolute Gasteiger partial charge is 0.514 e. The first-order valence-electron chi connectivity index (χ1n) is 5.48. The zero-order valence-corrected chi connectivity index (χ0v) is 10.3. The Morgan fingerprint density at radius 1 is 1.22 bits per heavy atom. The van der Waals surface area contributed by atoms with Crippen LogP contribution in [0.5, 0.6) is 0 Å². The second kappa shape index (κ2) is 6.04. The topological polar surface area (TPSA) is 88.1 Å². The lowest BCUT2D eigenvalue weighted by Crippen LogP contribution is -2.17. The van der Waals surface area contributed by atoms with E-state index < -0.39 is 30.0 Å². The highest BCUT2D eigenvalue weighted by atomic mass is 16.7. The van der Waals surface area contributed by atoms with Gasteiger partial charge in [0.2, 0.25) is 5.76 Å². The van der Waals surface area contributed by atoms with E-state index in [4.69, 9.17) is 9.47 Å². The third-order valence-electron chi connectivity index (χ3n) is 2.06. The number of rotatable bonds is 4. The number of hydrogen-bond acceptors (Lipinski definition) is 7. The summed E-state index contributed by atoms with van der Waals surface area (Å²) in [6, 6.07) is 0. The summed E-state index contributed by atoms with van der Waals surface area (Å²) >= 11 is 0. The maximum atomic E-state index is 11.6. The second-order valence-electron chi connectivity index (χ2n) is 3.30. The molecule has 7 heteroatoms. The van der Waals surface area contributed by atoms with Crippen molar-refractivity contribution in [1.29, 1.82) is 0 Å². The van der Waals surface area contributed by atoms with Crippen LogP contribution in [0.2, 0.25) is 0 Å². The van der Waals surface area contributed by atoms with Gasteiger partial charge in [0.15, 0.2) is 0 Å². The molecule has 18 heavy (non-hydrogen) atoms. The van der Waals surface area contributed by atoms with Crippen molar-refractivity contribution in [2.75, 3.05) is 13.2 Å². The van der Waals surface area contributed by atoms with E-state index in [1.165, 1.54) is 6.92 Å². The van der Waals surface area contributed by atoms with Gasteiger partial charge in [-0.2, -0.15) is 0 Å². The van der Waals surface area contributed by atoms with Crippen LogP contribution in [-0.2, 0) is 28.5 Å². The fraction of sp³-hybridized carbons (Fsp3) is 0.545. The molecule has 0 aliphatic carbocycles. The van der Waals surface area contributed by atoms with Crippen molar-refractivity contribution in [2.24, 2.45) is 0 Å². The highest BCUT2D eigenvalue weighted by molar-refractivity contribution is 6.03. The SMILES string of the molecule is CCOC(=O)OC1=C(C(=O)OCC)C(C)OC1=O. The summed E-state index contributed by atoms with van der Waals surface area (Å²) in [6.07, 6.45) is -1.89. The molecule has 1 rings (SSSR count). The normalized spacial score (nSPS) is 18.4. The maximum absolute atomic E-state index is 11.6. The summed E-state index contributed by atoms with van der Waals surface area (Å²) in [5.74, 6) is -2.12. The first-order valence-corrected chi connectivity index (χ1v) is 5.48. The number of carbonyl (C=O) groups is 3. The fourth-order valence-electron chi connectivity index (χ4n) is 1.36. The lowest BCUT2D eigenvalue weighted by Gasteiger charge is -2.07. The molecule has 0 radical (unpaired) electrons. The molecular weight excluding hydrogens is 244 g/mol. The lowest BCUT2D eigenvalue weighted by molar-refractivity contribution is -0.142. The Bertz CT molecular complexity index is 396. The highest BCUT2D eigenvalue weighted by Gasteiger charge is 2.39. The zero-order valence-electron chi connectivity index (χ0n) is 10.3. The highest BCUT2D eigenvalue weighted by Crippen LogP contribution is 2.25. The molecule has 0 aromatic carbocycles. The predicted octanol–water partition coefficient (Wildman–Crippen LogP) is 0.922. The molecule has 100 valence electrons. The number of ether oxygens (including phenoxy) is 4. The van der Waals surface area contributed by atoms with Crippen LogP contribution < -0.4 is 0 Å². The number of esters is 2. The molecule has 0 saturated carbocycles. The predicted molar refractivity (Wildman–Crippen MR) is 57.3 cm³/mol. The summed E-state index contributed by atoms with van der Waals surface area (Å²) in [5, 5.41) is 0. The molecule has 0 N–H and O–H groups in total. The Morgan fingerprint density at radius 3 is 2.39 bits per heavy atom. The van der Waals surface area contributed by atoms with E-state index in [1.807, 2.05) is 0 Å². The monoisotopic (exact) mass is 258 g/mol. The third kappa shape index (κ3) is 2.99. The molecule has 0 fully saturated rings. The van der Waals surface area contributed by atoms with E-state index in [0.717, 1.165) is 0 Å². The van der Waals surface area contributed by atoms with Crippen LogP contribution in [0.3, 0.4) is 0 Å². The van der Waals surface area contributed by atoms with Crippen molar-refractivity contribution in [2.45, 2.75) is 26.9 Å². The van der Waals surface area contributed by atoms with Gasteiger partial charge in [-0.25, -0.2) is 14.4 Å². The van der Waals surface area contributed by atoms with E-state index in [2.05, 4.69) is 9.47 Å². The minimum absolute atomic E-state index is 0.0887. The molecule has 0 amide bonds. The van der Waals surface area contributed by atoms with Gasteiger partial charge in [0.05, 0.1) is 13.2 Å². The summed E-state index contributed by atoms with van der Waals surface area (Å²) in [6.45, 7) is 4.90. The minimum Gasteiger partial charge on any atom is -0.462 e. The van der Waals surface area contributed by atoms with Gasteiger partial charge in [-0.15, -0.1) is 0 Å². The van der Waals surface area contributed by atoms with E-state index in [0.29, 0.717) is 0 Å². The van der Waals surface area contributed by atoms with E-state index >= 15 is 0 Å². The lowest BCUT2D eigenvalue weighted by atomic mass is 10.1. The van der Waals surface area contributed by atoms with Gasteiger partial charge in [0.25, 0.3) is 0 Å². The second-order valence-corrected chi connectivity index (χ2v) is 3.30. The first-order chi connectivity index (χ1) is 8.51. The Labute approximate surface area is 104 Å². The Hall–Kier alpha value is -2.05. The van der Waals surface area contributed by atoms with E-state index in [-0.39, 0.29) is 18.8 Å². The van der Waals surface area contributed by atoms with Crippen molar-refractivity contribution >= 4 is 18.1 Å². The van der Waals surface area contributed by atoms with Crippen molar-refractivity contribution < 1.29 is 33.3 Å². The van der Waals surface area contributed by atoms with Crippen LogP contribution in [0.1, 0.15) is 20.8 Å². The number of cyclic esters (lactones) is 1. The van der Waals surface area contributed by atoms with Crippen molar-refractivity contribution in [1.82, 2.24) is 0 Å². The van der Waals surface area contributed by atoms with Gasteiger partial charge in [-0.1, -0.05) is 0 Å². The average Bonchev–Trinajstić information content (AvgIpc) is 2.54. The molecule has 0 aromatic heterocycles. The van der Waals surface area contributed by atoms with Crippen LogP contribution in [0.15, 0.2) is 11.3 Å². The molecule has 0 saturated heterocycles. The molecule has 1 aliphatic heterocycles. The molecule has 0 aromatic rings. The zero-order chi connectivity index (χ0) is 13.7. The number of hydrogen-bond donors (Lipinski definition) is 0. The Balaban J connectivity index is 2.94. The van der Waals surface area contributed by atoms with Crippen molar-refractivity contribution in [3.63, 3.8) is 0 Å². The Kier molecular flexibility index (Phi) is 4.70. The first kappa shape index (κ1) is 14.0. The van der Waals surface area contributed by atoms with Gasteiger partial charge < -0.3 is 18.9 Å². The molecule has 0 spiro atoms. The minimum atomic E-state index is -1.07.